The minimum atomic E-state index is -0.424. The van der Waals surface area contributed by atoms with E-state index in [4.69, 9.17) is 9.47 Å². The molecule has 8 heteroatoms. The molecule has 0 aliphatic carbocycles. The fourth-order valence-corrected chi connectivity index (χ4v) is 3.04. The van der Waals surface area contributed by atoms with Crippen molar-refractivity contribution in [3.8, 4) is 11.5 Å². The first-order chi connectivity index (χ1) is 13.0. The molecule has 0 radical (unpaired) electrons. The van der Waals surface area contributed by atoms with E-state index in [1.165, 1.54) is 0 Å². The fraction of sp³-hybridized carbons (Fsp3) is 0.263. The number of benzene rings is 2. The van der Waals surface area contributed by atoms with E-state index < -0.39 is 6.03 Å². The summed E-state index contributed by atoms with van der Waals surface area (Å²) in [5, 5.41) is 8.02. The summed E-state index contributed by atoms with van der Waals surface area (Å²) in [6, 6.07) is 10.6. The summed E-state index contributed by atoms with van der Waals surface area (Å²) in [7, 11) is 0. The van der Waals surface area contributed by atoms with Crippen LogP contribution in [0.1, 0.15) is 11.1 Å². The second kappa shape index (κ2) is 8.77. The molecule has 142 valence electrons. The van der Waals surface area contributed by atoms with Crippen LogP contribution in [-0.4, -0.2) is 31.7 Å². The summed E-state index contributed by atoms with van der Waals surface area (Å²) >= 11 is 3.38. The van der Waals surface area contributed by atoms with E-state index in [0.29, 0.717) is 36.9 Å². The molecule has 3 rings (SSSR count). The summed E-state index contributed by atoms with van der Waals surface area (Å²) < 4.78 is 11.9. The Morgan fingerprint density at radius 3 is 2.59 bits per heavy atom. The SMILES string of the molecule is Cc1cc(Br)ccc1NC(=O)CNC(=O)NCc1ccc2c(c1)OCCO2. The molecule has 0 saturated carbocycles. The van der Waals surface area contributed by atoms with Gasteiger partial charge in [0.25, 0.3) is 0 Å². The summed E-state index contributed by atoms with van der Waals surface area (Å²) in [5.74, 6) is 1.08. The minimum absolute atomic E-state index is 0.123. The maximum Gasteiger partial charge on any atom is 0.315 e. The lowest BCUT2D eigenvalue weighted by Crippen LogP contribution is -2.39. The normalized spacial score (nSPS) is 12.2. The van der Waals surface area contributed by atoms with Crippen molar-refractivity contribution in [1.29, 1.82) is 0 Å². The van der Waals surface area contributed by atoms with Crippen molar-refractivity contribution in [2.75, 3.05) is 25.1 Å². The first-order valence-corrected chi connectivity index (χ1v) is 9.27. The van der Waals surface area contributed by atoms with E-state index in [1.54, 1.807) is 6.07 Å². The van der Waals surface area contributed by atoms with E-state index in [2.05, 4.69) is 31.9 Å². The zero-order chi connectivity index (χ0) is 19.2. The molecular weight excluding hydrogens is 414 g/mol. The molecule has 0 fully saturated rings. The van der Waals surface area contributed by atoms with Crippen LogP contribution < -0.4 is 25.4 Å². The van der Waals surface area contributed by atoms with Crippen LogP contribution in [0.5, 0.6) is 11.5 Å². The van der Waals surface area contributed by atoms with E-state index in [0.717, 1.165) is 15.6 Å². The van der Waals surface area contributed by atoms with Crippen LogP contribution in [0.4, 0.5) is 10.5 Å². The Morgan fingerprint density at radius 1 is 1.04 bits per heavy atom. The summed E-state index contributed by atoms with van der Waals surface area (Å²) in [6.45, 7) is 3.14. The Kier molecular flexibility index (Phi) is 6.18. The first-order valence-electron chi connectivity index (χ1n) is 8.47. The molecule has 0 spiro atoms. The van der Waals surface area contributed by atoms with Crippen LogP contribution in [0.25, 0.3) is 0 Å². The van der Waals surface area contributed by atoms with Gasteiger partial charge >= 0.3 is 6.03 Å². The minimum Gasteiger partial charge on any atom is -0.486 e. The molecule has 0 unspecified atom stereocenters. The van der Waals surface area contributed by atoms with E-state index in [1.807, 2.05) is 37.3 Å². The predicted octanol–water partition coefficient (Wildman–Crippen LogP) is 2.97. The van der Waals surface area contributed by atoms with Gasteiger partial charge in [-0.1, -0.05) is 22.0 Å². The standard InChI is InChI=1S/C19H20BrN3O4/c1-12-8-14(20)3-4-15(12)23-18(24)11-22-19(25)21-10-13-2-5-16-17(9-13)27-7-6-26-16/h2-5,8-9H,6-7,10-11H2,1H3,(H,23,24)(H2,21,22,25). The average molecular weight is 434 g/mol. The number of carbonyl (C=O) groups is 2. The molecule has 0 atom stereocenters. The highest BCUT2D eigenvalue weighted by Gasteiger charge is 2.12. The number of fused-ring (bicyclic) bond motifs is 1. The van der Waals surface area contributed by atoms with Crippen molar-refractivity contribution in [2.45, 2.75) is 13.5 Å². The lowest BCUT2D eigenvalue weighted by atomic mass is 10.2. The zero-order valence-corrected chi connectivity index (χ0v) is 16.4. The van der Waals surface area contributed by atoms with Crippen molar-refractivity contribution in [3.63, 3.8) is 0 Å². The van der Waals surface area contributed by atoms with E-state index >= 15 is 0 Å². The van der Waals surface area contributed by atoms with Gasteiger partial charge in [0.05, 0.1) is 6.54 Å². The third kappa shape index (κ3) is 5.37. The van der Waals surface area contributed by atoms with Crippen molar-refractivity contribution in [3.05, 3.63) is 52.0 Å². The van der Waals surface area contributed by atoms with Gasteiger partial charge in [-0.15, -0.1) is 0 Å². The highest BCUT2D eigenvalue weighted by Crippen LogP contribution is 2.30. The van der Waals surface area contributed by atoms with Gasteiger partial charge in [-0.25, -0.2) is 4.79 Å². The Labute approximate surface area is 165 Å². The molecule has 1 aliphatic heterocycles. The number of hydrogen-bond acceptors (Lipinski definition) is 4. The van der Waals surface area contributed by atoms with Gasteiger partial charge in [0.2, 0.25) is 5.91 Å². The maximum absolute atomic E-state index is 12.0. The van der Waals surface area contributed by atoms with Crippen LogP contribution in [-0.2, 0) is 11.3 Å². The number of halogens is 1. The first kappa shape index (κ1) is 19.0. The second-order valence-corrected chi connectivity index (χ2v) is 6.94. The van der Waals surface area contributed by atoms with Gasteiger partial charge in [-0.05, 0) is 48.4 Å². The molecule has 3 amide bonds. The van der Waals surface area contributed by atoms with Gasteiger partial charge in [-0.3, -0.25) is 4.79 Å². The average Bonchev–Trinajstić information content (AvgIpc) is 2.67. The van der Waals surface area contributed by atoms with Crippen molar-refractivity contribution in [1.82, 2.24) is 10.6 Å². The molecule has 27 heavy (non-hydrogen) atoms. The molecule has 1 heterocycles. The predicted molar refractivity (Wildman–Crippen MR) is 105 cm³/mol. The van der Waals surface area contributed by atoms with Crippen molar-refractivity contribution < 1.29 is 19.1 Å². The van der Waals surface area contributed by atoms with Gasteiger partial charge < -0.3 is 25.4 Å². The van der Waals surface area contributed by atoms with Crippen LogP contribution in [0, 0.1) is 6.92 Å². The number of anilines is 1. The lowest BCUT2D eigenvalue weighted by Gasteiger charge is -2.19. The smallest absolute Gasteiger partial charge is 0.315 e. The largest absolute Gasteiger partial charge is 0.486 e. The Morgan fingerprint density at radius 2 is 1.81 bits per heavy atom. The van der Waals surface area contributed by atoms with E-state index in [-0.39, 0.29) is 12.5 Å². The van der Waals surface area contributed by atoms with Gasteiger partial charge in [0.15, 0.2) is 11.5 Å². The van der Waals surface area contributed by atoms with Crippen LogP contribution in [0.15, 0.2) is 40.9 Å². The molecule has 3 N–H and O–H groups in total. The van der Waals surface area contributed by atoms with Gasteiger partial charge in [0, 0.05) is 16.7 Å². The third-order valence-electron chi connectivity index (χ3n) is 3.93. The quantitative estimate of drug-likeness (QED) is 0.675. The number of rotatable bonds is 5. The third-order valence-corrected chi connectivity index (χ3v) is 4.42. The van der Waals surface area contributed by atoms with Gasteiger partial charge in [0.1, 0.15) is 13.2 Å². The summed E-state index contributed by atoms with van der Waals surface area (Å²) in [6.07, 6.45) is 0. The Balaban J connectivity index is 1.43. The van der Waals surface area contributed by atoms with Crippen molar-refractivity contribution >= 4 is 33.6 Å². The van der Waals surface area contributed by atoms with E-state index in [9.17, 15) is 9.59 Å². The number of carbonyl (C=O) groups excluding carboxylic acids is 2. The maximum atomic E-state index is 12.0. The molecular formula is C19H20BrN3O4. The van der Waals surface area contributed by atoms with Gasteiger partial charge in [-0.2, -0.15) is 0 Å². The highest BCUT2D eigenvalue weighted by atomic mass is 79.9. The molecule has 0 saturated heterocycles. The number of amides is 3. The molecule has 7 nitrogen and oxygen atoms in total. The summed E-state index contributed by atoms with van der Waals surface area (Å²) in [4.78, 5) is 23.9. The van der Waals surface area contributed by atoms with Crippen LogP contribution in [0.3, 0.4) is 0 Å². The molecule has 0 bridgehead atoms. The lowest BCUT2D eigenvalue weighted by molar-refractivity contribution is -0.115. The van der Waals surface area contributed by atoms with Crippen molar-refractivity contribution in [2.24, 2.45) is 0 Å². The second-order valence-electron chi connectivity index (χ2n) is 6.02. The molecule has 0 aromatic heterocycles. The molecule has 1 aliphatic rings. The number of nitrogens with one attached hydrogen (secondary N) is 3. The Hall–Kier alpha value is -2.74. The topological polar surface area (TPSA) is 88.7 Å². The number of aryl methyl sites for hydroxylation is 1. The monoisotopic (exact) mass is 433 g/mol. The molecule has 2 aromatic rings. The zero-order valence-electron chi connectivity index (χ0n) is 14.8. The van der Waals surface area contributed by atoms with Crippen LogP contribution in [0.2, 0.25) is 0 Å². The molecule has 2 aromatic carbocycles. The van der Waals surface area contributed by atoms with Crippen LogP contribution >= 0.6 is 15.9 Å². The highest BCUT2D eigenvalue weighted by molar-refractivity contribution is 9.10. The number of urea groups is 1. The fourth-order valence-electron chi connectivity index (χ4n) is 2.56. The number of ether oxygens (including phenoxy) is 2. The summed E-state index contributed by atoms with van der Waals surface area (Å²) in [5.41, 5.74) is 2.52. The number of hydrogen-bond donors (Lipinski definition) is 3. The Bertz CT molecular complexity index is 857.